The van der Waals surface area contributed by atoms with E-state index < -0.39 is 11.7 Å². The van der Waals surface area contributed by atoms with Crippen LogP contribution in [0.1, 0.15) is 33.3 Å². The molecule has 110 valence electrons. The van der Waals surface area contributed by atoms with Gasteiger partial charge >= 0.3 is 6.09 Å². The van der Waals surface area contributed by atoms with Crippen LogP contribution < -0.4 is 5.32 Å². The van der Waals surface area contributed by atoms with Gasteiger partial charge in [0.1, 0.15) is 11.7 Å². The van der Waals surface area contributed by atoms with Crippen molar-refractivity contribution < 1.29 is 9.53 Å². The van der Waals surface area contributed by atoms with Crippen LogP contribution in [-0.4, -0.2) is 16.3 Å². The SMILES string of the molecule is CCn1cc(C#N)c2ccc(NC(=O)OC(C)(C)C)cc21. The number of hydrogen-bond acceptors (Lipinski definition) is 3. The minimum Gasteiger partial charge on any atom is -0.444 e. The topological polar surface area (TPSA) is 67.0 Å². The monoisotopic (exact) mass is 285 g/mol. The normalized spacial score (nSPS) is 11.2. The summed E-state index contributed by atoms with van der Waals surface area (Å²) in [6.07, 6.45) is 1.33. The van der Waals surface area contributed by atoms with Gasteiger partial charge in [-0.3, -0.25) is 5.32 Å². The lowest BCUT2D eigenvalue weighted by molar-refractivity contribution is 0.0636. The maximum Gasteiger partial charge on any atom is 0.412 e. The van der Waals surface area contributed by atoms with Gasteiger partial charge in [0, 0.05) is 23.8 Å². The minimum atomic E-state index is -0.536. The highest BCUT2D eigenvalue weighted by molar-refractivity contribution is 5.92. The van der Waals surface area contributed by atoms with Crippen molar-refractivity contribution in [3.05, 3.63) is 30.0 Å². The predicted octanol–water partition coefficient (Wildman–Crippen LogP) is 3.88. The molecule has 5 nitrogen and oxygen atoms in total. The van der Waals surface area contributed by atoms with Crippen molar-refractivity contribution in [2.45, 2.75) is 39.8 Å². The van der Waals surface area contributed by atoms with E-state index in [1.807, 2.05) is 50.6 Å². The number of hydrogen-bond donors (Lipinski definition) is 1. The molecule has 0 unspecified atom stereocenters. The number of aryl methyl sites for hydroxylation is 1. The number of amides is 1. The van der Waals surface area contributed by atoms with E-state index in [9.17, 15) is 4.79 Å². The van der Waals surface area contributed by atoms with E-state index in [0.29, 0.717) is 11.3 Å². The molecule has 0 atom stereocenters. The molecule has 0 aliphatic heterocycles. The van der Waals surface area contributed by atoms with Gasteiger partial charge in [0.25, 0.3) is 0 Å². The van der Waals surface area contributed by atoms with Gasteiger partial charge in [-0.05, 0) is 45.9 Å². The summed E-state index contributed by atoms with van der Waals surface area (Å²) in [5, 5.41) is 12.7. The number of anilines is 1. The highest BCUT2D eigenvalue weighted by Gasteiger charge is 2.16. The molecule has 1 aromatic carbocycles. The number of rotatable bonds is 2. The molecule has 0 aliphatic rings. The molecule has 1 heterocycles. The Labute approximate surface area is 124 Å². The first-order valence-corrected chi connectivity index (χ1v) is 6.87. The Morgan fingerprint density at radius 3 is 2.71 bits per heavy atom. The van der Waals surface area contributed by atoms with E-state index in [-0.39, 0.29) is 0 Å². The van der Waals surface area contributed by atoms with Crippen LogP contribution in [-0.2, 0) is 11.3 Å². The summed E-state index contributed by atoms with van der Waals surface area (Å²) in [6, 6.07) is 7.64. The number of nitrogens with one attached hydrogen (secondary N) is 1. The van der Waals surface area contributed by atoms with Crippen LogP contribution in [0.15, 0.2) is 24.4 Å². The Morgan fingerprint density at radius 1 is 1.43 bits per heavy atom. The molecular weight excluding hydrogens is 266 g/mol. The van der Waals surface area contributed by atoms with Gasteiger partial charge in [0.15, 0.2) is 0 Å². The van der Waals surface area contributed by atoms with Crippen LogP contribution in [0, 0.1) is 11.3 Å². The zero-order valence-electron chi connectivity index (χ0n) is 12.7. The Kier molecular flexibility index (Phi) is 3.90. The van der Waals surface area contributed by atoms with E-state index in [2.05, 4.69) is 11.4 Å². The summed E-state index contributed by atoms with van der Waals surface area (Å²) in [4.78, 5) is 11.8. The molecule has 2 rings (SSSR count). The van der Waals surface area contributed by atoms with Crippen molar-refractivity contribution >= 4 is 22.7 Å². The van der Waals surface area contributed by atoms with Crippen LogP contribution in [0.5, 0.6) is 0 Å². The van der Waals surface area contributed by atoms with Crippen LogP contribution in [0.4, 0.5) is 10.5 Å². The van der Waals surface area contributed by atoms with Gasteiger partial charge in [-0.25, -0.2) is 4.79 Å². The van der Waals surface area contributed by atoms with Gasteiger partial charge < -0.3 is 9.30 Å². The lowest BCUT2D eigenvalue weighted by atomic mass is 10.2. The Morgan fingerprint density at radius 2 is 2.14 bits per heavy atom. The summed E-state index contributed by atoms with van der Waals surface area (Å²) in [6.45, 7) is 8.22. The molecule has 0 fully saturated rings. The number of carbonyl (C=O) groups excluding carboxylic acids is 1. The molecule has 0 radical (unpaired) electrons. The van der Waals surface area contributed by atoms with Gasteiger partial charge in [0.2, 0.25) is 0 Å². The maximum atomic E-state index is 11.8. The Hall–Kier alpha value is -2.48. The van der Waals surface area contributed by atoms with E-state index in [1.54, 1.807) is 6.07 Å². The highest BCUT2D eigenvalue weighted by Crippen LogP contribution is 2.24. The standard InChI is InChI=1S/C16H19N3O2/c1-5-19-10-11(9-17)13-7-6-12(8-14(13)19)18-15(20)21-16(2,3)4/h6-8,10H,5H2,1-4H3,(H,18,20). The molecule has 21 heavy (non-hydrogen) atoms. The van der Waals surface area contributed by atoms with E-state index in [4.69, 9.17) is 10.00 Å². The summed E-state index contributed by atoms with van der Waals surface area (Å²) in [5.41, 5.74) is 1.67. The zero-order valence-corrected chi connectivity index (χ0v) is 12.7. The third-order valence-corrected chi connectivity index (χ3v) is 2.99. The molecule has 0 saturated carbocycles. The largest absolute Gasteiger partial charge is 0.444 e. The lowest BCUT2D eigenvalue weighted by Gasteiger charge is -2.19. The summed E-state index contributed by atoms with van der Waals surface area (Å²) >= 11 is 0. The van der Waals surface area contributed by atoms with Gasteiger partial charge in [0.05, 0.1) is 11.1 Å². The van der Waals surface area contributed by atoms with Crippen LogP contribution in [0.2, 0.25) is 0 Å². The molecule has 0 bridgehead atoms. The first kappa shape index (κ1) is 14.9. The fourth-order valence-corrected chi connectivity index (χ4v) is 2.14. The number of nitriles is 1. The van der Waals surface area contributed by atoms with Gasteiger partial charge in [-0.2, -0.15) is 5.26 Å². The van der Waals surface area contributed by atoms with Crippen LogP contribution >= 0.6 is 0 Å². The fourth-order valence-electron chi connectivity index (χ4n) is 2.14. The van der Waals surface area contributed by atoms with Crippen molar-refractivity contribution in [3.63, 3.8) is 0 Å². The highest BCUT2D eigenvalue weighted by atomic mass is 16.6. The number of nitrogens with zero attached hydrogens (tertiary/aromatic N) is 2. The van der Waals surface area contributed by atoms with Crippen molar-refractivity contribution in [1.82, 2.24) is 4.57 Å². The summed E-state index contributed by atoms with van der Waals surface area (Å²) in [5.74, 6) is 0. The van der Waals surface area contributed by atoms with Crippen LogP contribution in [0.25, 0.3) is 10.9 Å². The predicted molar refractivity (Wildman–Crippen MR) is 82.2 cm³/mol. The Bertz CT molecular complexity index is 717. The van der Waals surface area contributed by atoms with Crippen molar-refractivity contribution in [3.8, 4) is 6.07 Å². The van der Waals surface area contributed by atoms with Crippen molar-refractivity contribution in [2.24, 2.45) is 0 Å². The zero-order chi connectivity index (χ0) is 15.6. The quantitative estimate of drug-likeness (QED) is 0.910. The third-order valence-electron chi connectivity index (χ3n) is 2.99. The van der Waals surface area contributed by atoms with E-state index in [0.717, 1.165) is 17.4 Å². The molecule has 5 heteroatoms. The second-order valence-electron chi connectivity index (χ2n) is 5.80. The lowest BCUT2D eigenvalue weighted by Crippen LogP contribution is -2.27. The first-order valence-electron chi connectivity index (χ1n) is 6.87. The van der Waals surface area contributed by atoms with Gasteiger partial charge in [-0.1, -0.05) is 0 Å². The van der Waals surface area contributed by atoms with E-state index >= 15 is 0 Å². The molecule has 1 N–H and O–H groups in total. The average Bonchev–Trinajstić information content (AvgIpc) is 2.73. The summed E-state index contributed by atoms with van der Waals surface area (Å²) < 4.78 is 7.21. The number of aromatic nitrogens is 1. The number of carbonyl (C=O) groups is 1. The number of ether oxygens (including phenoxy) is 1. The smallest absolute Gasteiger partial charge is 0.412 e. The number of benzene rings is 1. The van der Waals surface area contributed by atoms with Crippen molar-refractivity contribution in [2.75, 3.05) is 5.32 Å². The maximum absolute atomic E-state index is 11.8. The molecule has 1 aromatic heterocycles. The summed E-state index contributed by atoms with van der Waals surface area (Å²) in [7, 11) is 0. The molecule has 0 saturated heterocycles. The molecule has 0 spiro atoms. The molecule has 1 amide bonds. The van der Waals surface area contributed by atoms with Gasteiger partial charge in [-0.15, -0.1) is 0 Å². The Balaban J connectivity index is 2.31. The fraction of sp³-hybridized carbons (Fsp3) is 0.375. The molecule has 0 aliphatic carbocycles. The first-order chi connectivity index (χ1) is 9.84. The average molecular weight is 285 g/mol. The molecule has 2 aromatic rings. The van der Waals surface area contributed by atoms with Crippen LogP contribution in [0.3, 0.4) is 0 Å². The van der Waals surface area contributed by atoms with Crippen molar-refractivity contribution in [1.29, 1.82) is 5.26 Å². The number of fused-ring (bicyclic) bond motifs is 1. The third kappa shape index (κ3) is 3.34. The second-order valence-corrected chi connectivity index (χ2v) is 5.80. The second kappa shape index (κ2) is 5.49. The molecular formula is C16H19N3O2. The minimum absolute atomic E-state index is 0.489. The van der Waals surface area contributed by atoms with E-state index in [1.165, 1.54) is 0 Å².